The lowest BCUT2D eigenvalue weighted by molar-refractivity contribution is 0.569. The van der Waals surface area contributed by atoms with E-state index in [0.717, 1.165) is 10.7 Å². The van der Waals surface area contributed by atoms with Crippen LogP contribution in [0.1, 0.15) is 44.4 Å². The second-order valence-corrected chi connectivity index (χ2v) is 8.96. The van der Waals surface area contributed by atoms with Crippen LogP contribution in [-0.2, 0) is 5.41 Å². The lowest BCUT2D eigenvalue weighted by Crippen LogP contribution is -2.23. The largest absolute Gasteiger partial charge is 0.373 e. The molecule has 27 heavy (non-hydrogen) atoms. The molecule has 2 aromatic heterocycles. The molecular formula is C19H20Cl2N4OS. The number of hydrogen-bond acceptors (Lipinski definition) is 5. The molecule has 0 saturated heterocycles. The molecule has 0 aliphatic rings. The van der Waals surface area contributed by atoms with Gasteiger partial charge in [0.15, 0.2) is 0 Å². The second kappa shape index (κ2) is 7.62. The predicted molar refractivity (Wildman–Crippen MR) is 113 cm³/mol. The molecule has 2 heterocycles. The number of rotatable bonds is 4. The highest BCUT2D eigenvalue weighted by molar-refractivity contribution is 7.09. The Morgan fingerprint density at radius 3 is 2.44 bits per heavy atom. The zero-order valence-electron chi connectivity index (χ0n) is 15.5. The Bertz CT molecular complexity index is 1010. The van der Waals surface area contributed by atoms with Gasteiger partial charge in [-0.15, -0.1) is 11.3 Å². The van der Waals surface area contributed by atoms with Crippen LogP contribution in [0.4, 0.5) is 5.69 Å². The number of benzene rings is 1. The number of thiazole rings is 1. The topological polar surface area (TPSA) is 59.8 Å². The predicted octanol–water partition coefficient (Wildman–Crippen LogP) is 5.47. The molecule has 142 valence electrons. The standard InChI is InChI=1S/C19H20Cl2N4OS/c1-11(17-24-15(10-27-17)19(2,3)4)23-14-9-22-25(18(26)16(14)21)13-7-5-12(20)6-8-13/h5-11,23H,1-4H3/t11-/m1/s1. The SMILES string of the molecule is C[C@@H](Nc1cnn(-c2ccc(Cl)cc2)c(=O)c1Cl)c1nc(C(C)(C)C)cs1. The van der Waals surface area contributed by atoms with Gasteiger partial charge in [-0.1, -0.05) is 44.0 Å². The zero-order chi connectivity index (χ0) is 19.8. The summed E-state index contributed by atoms with van der Waals surface area (Å²) in [5.74, 6) is 0. The molecule has 0 spiro atoms. The Labute approximate surface area is 172 Å². The minimum atomic E-state index is -0.397. The first-order valence-electron chi connectivity index (χ1n) is 8.43. The van der Waals surface area contributed by atoms with Crippen molar-refractivity contribution in [1.29, 1.82) is 0 Å². The third kappa shape index (κ3) is 4.34. The average molecular weight is 423 g/mol. The van der Waals surface area contributed by atoms with Crippen molar-refractivity contribution in [1.82, 2.24) is 14.8 Å². The first-order chi connectivity index (χ1) is 12.7. The van der Waals surface area contributed by atoms with Gasteiger partial charge in [-0.3, -0.25) is 4.79 Å². The van der Waals surface area contributed by atoms with Crippen LogP contribution in [0.5, 0.6) is 0 Å². The van der Waals surface area contributed by atoms with Crippen LogP contribution < -0.4 is 10.9 Å². The average Bonchev–Trinajstić information content (AvgIpc) is 3.11. The summed E-state index contributed by atoms with van der Waals surface area (Å²) < 4.78 is 1.25. The van der Waals surface area contributed by atoms with E-state index in [1.54, 1.807) is 41.8 Å². The van der Waals surface area contributed by atoms with E-state index < -0.39 is 5.56 Å². The molecule has 0 amide bonds. The van der Waals surface area contributed by atoms with E-state index in [1.807, 2.05) is 6.92 Å². The maximum atomic E-state index is 12.6. The lowest BCUT2D eigenvalue weighted by Gasteiger charge is -2.16. The molecule has 1 atom stereocenters. The summed E-state index contributed by atoms with van der Waals surface area (Å²) >= 11 is 13.8. The van der Waals surface area contributed by atoms with Gasteiger partial charge in [-0.25, -0.2) is 4.98 Å². The minimum absolute atomic E-state index is 0.00722. The summed E-state index contributed by atoms with van der Waals surface area (Å²) in [4.78, 5) is 17.3. The van der Waals surface area contributed by atoms with Crippen molar-refractivity contribution >= 4 is 40.2 Å². The Balaban J connectivity index is 1.85. The number of aromatic nitrogens is 3. The molecule has 0 unspecified atom stereocenters. The molecule has 0 aliphatic heterocycles. The Kier molecular flexibility index (Phi) is 5.60. The molecule has 8 heteroatoms. The van der Waals surface area contributed by atoms with Gasteiger partial charge in [0, 0.05) is 15.8 Å². The van der Waals surface area contributed by atoms with Crippen LogP contribution in [0.25, 0.3) is 5.69 Å². The molecule has 5 nitrogen and oxygen atoms in total. The third-order valence-electron chi connectivity index (χ3n) is 4.02. The van der Waals surface area contributed by atoms with Gasteiger partial charge in [0.25, 0.3) is 5.56 Å². The van der Waals surface area contributed by atoms with E-state index in [4.69, 9.17) is 28.2 Å². The Morgan fingerprint density at radius 2 is 1.85 bits per heavy atom. The van der Waals surface area contributed by atoms with Crippen LogP contribution in [0.2, 0.25) is 10.0 Å². The van der Waals surface area contributed by atoms with Crippen LogP contribution >= 0.6 is 34.5 Å². The highest BCUT2D eigenvalue weighted by Crippen LogP contribution is 2.29. The minimum Gasteiger partial charge on any atom is -0.373 e. The summed E-state index contributed by atoms with van der Waals surface area (Å²) in [6, 6.07) is 6.72. The molecule has 0 radical (unpaired) electrons. The van der Waals surface area contributed by atoms with Crippen molar-refractivity contribution in [2.24, 2.45) is 0 Å². The van der Waals surface area contributed by atoms with Gasteiger partial charge in [0.05, 0.1) is 29.3 Å². The maximum Gasteiger partial charge on any atom is 0.292 e. The van der Waals surface area contributed by atoms with Crippen LogP contribution in [0.3, 0.4) is 0 Å². The monoisotopic (exact) mass is 422 g/mol. The van der Waals surface area contributed by atoms with Gasteiger partial charge in [-0.2, -0.15) is 9.78 Å². The first-order valence-corrected chi connectivity index (χ1v) is 10.1. The van der Waals surface area contributed by atoms with Gasteiger partial charge in [-0.05, 0) is 31.2 Å². The lowest BCUT2D eigenvalue weighted by atomic mass is 9.93. The van der Waals surface area contributed by atoms with Crippen molar-refractivity contribution in [3.63, 3.8) is 0 Å². The van der Waals surface area contributed by atoms with Gasteiger partial charge in [0.1, 0.15) is 10.0 Å². The highest BCUT2D eigenvalue weighted by atomic mass is 35.5. The summed E-state index contributed by atoms with van der Waals surface area (Å²) in [6.07, 6.45) is 1.55. The molecule has 1 aromatic carbocycles. The van der Waals surface area contributed by atoms with Crippen molar-refractivity contribution in [3.05, 3.63) is 66.9 Å². The van der Waals surface area contributed by atoms with E-state index in [1.165, 1.54) is 4.68 Å². The summed E-state index contributed by atoms with van der Waals surface area (Å²) in [5, 5.41) is 11.1. The smallest absolute Gasteiger partial charge is 0.292 e. The number of nitrogens with one attached hydrogen (secondary N) is 1. The van der Waals surface area contributed by atoms with E-state index in [0.29, 0.717) is 16.4 Å². The molecule has 0 bridgehead atoms. The Morgan fingerprint density at radius 1 is 1.19 bits per heavy atom. The molecule has 0 saturated carbocycles. The van der Waals surface area contributed by atoms with Gasteiger partial charge in [0.2, 0.25) is 0 Å². The summed E-state index contributed by atoms with van der Waals surface area (Å²) in [5.41, 5.74) is 1.71. The molecule has 3 aromatic rings. The number of hydrogen-bond donors (Lipinski definition) is 1. The number of halogens is 2. The van der Waals surface area contributed by atoms with Crippen LogP contribution in [0, 0.1) is 0 Å². The highest BCUT2D eigenvalue weighted by Gasteiger charge is 2.20. The van der Waals surface area contributed by atoms with Crippen molar-refractivity contribution in [2.75, 3.05) is 5.32 Å². The van der Waals surface area contributed by atoms with Gasteiger partial charge >= 0.3 is 0 Å². The fourth-order valence-corrected chi connectivity index (χ4v) is 3.79. The quantitative estimate of drug-likeness (QED) is 0.605. The van der Waals surface area contributed by atoms with E-state index >= 15 is 0 Å². The molecule has 1 N–H and O–H groups in total. The second-order valence-electron chi connectivity index (χ2n) is 7.25. The van der Waals surface area contributed by atoms with Crippen LogP contribution in [-0.4, -0.2) is 14.8 Å². The normalized spacial score (nSPS) is 12.8. The van der Waals surface area contributed by atoms with E-state index in [2.05, 4.69) is 36.6 Å². The molecule has 3 rings (SSSR count). The van der Waals surface area contributed by atoms with Crippen molar-refractivity contribution < 1.29 is 0 Å². The maximum absolute atomic E-state index is 12.6. The van der Waals surface area contributed by atoms with Crippen LogP contribution in [0.15, 0.2) is 40.6 Å². The Hall–Kier alpha value is -1.89. The zero-order valence-corrected chi connectivity index (χ0v) is 17.8. The fourth-order valence-electron chi connectivity index (χ4n) is 2.43. The summed E-state index contributed by atoms with van der Waals surface area (Å²) in [7, 11) is 0. The molecule has 0 fully saturated rings. The number of anilines is 1. The fraction of sp³-hybridized carbons (Fsp3) is 0.316. The van der Waals surface area contributed by atoms with Crippen molar-refractivity contribution in [3.8, 4) is 5.69 Å². The third-order valence-corrected chi connectivity index (χ3v) is 5.67. The molecular weight excluding hydrogens is 403 g/mol. The first kappa shape index (κ1) is 19.9. The summed E-state index contributed by atoms with van der Waals surface area (Å²) in [6.45, 7) is 8.36. The number of nitrogens with zero attached hydrogens (tertiary/aromatic N) is 3. The van der Waals surface area contributed by atoms with E-state index in [-0.39, 0.29) is 16.5 Å². The molecule has 0 aliphatic carbocycles. The van der Waals surface area contributed by atoms with E-state index in [9.17, 15) is 4.79 Å². The van der Waals surface area contributed by atoms with Crippen molar-refractivity contribution in [2.45, 2.75) is 39.2 Å². The van der Waals surface area contributed by atoms with Gasteiger partial charge < -0.3 is 5.32 Å².